The maximum Gasteiger partial charge on any atom is 0.258 e. The summed E-state index contributed by atoms with van der Waals surface area (Å²) in [5, 5.41) is 1.95. The number of hydrogen-bond acceptors (Lipinski definition) is 7. The first-order chi connectivity index (χ1) is 16.4. The number of ether oxygens (including phenoxy) is 1. The second-order valence-electron chi connectivity index (χ2n) is 9.02. The van der Waals surface area contributed by atoms with E-state index in [9.17, 15) is 4.79 Å². The lowest BCUT2D eigenvalue weighted by atomic mass is 9.96. The average Bonchev–Trinajstić information content (AvgIpc) is 3.29. The molecule has 0 atom stereocenters. The summed E-state index contributed by atoms with van der Waals surface area (Å²) in [6, 6.07) is 9.98. The van der Waals surface area contributed by atoms with Crippen molar-refractivity contribution in [2.24, 2.45) is 7.05 Å². The van der Waals surface area contributed by atoms with Gasteiger partial charge in [0, 0.05) is 80.6 Å². The smallest absolute Gasteiger partial charge is 0.258 e. The van der Waals surface area contributed by atoms with Gasteiger partial charge in [-0.2, -0.15) is 0 Å². The van der Waals surface area contributed by atoms with Gasteiger partial charge in [0.25, 0.3) is 5.56 Å². The monoisotopic (exact) mass is 475 g/mol. The van der Waals surface area contributed by atoms with Crippen LogP contribution in [0.3, 0.4) is 0 Å². The van der Waals surface area contributed by atoms with Gasteiger partial charge in [-0.05, 0) is 42.3 Å². The highest BCUT2D eigenvalue weighted by atomic mass is 32.1. The van der Waals surface area contributed by atoms with Gasteiger partial charge in [0.1, 0.15) is 11.3 Å². The Morgan fingerprint density at radius 3 is 2.74 bits per heavy atom. The van der Waals surface area contributed by atoms with Crippen molar-refractivity contribution in [2.75, 3.05) is 32.6 Å². The number of nitrogens with zero attached hydrogens (tertiary/aromatic N) is 5. The Balaban J connectivity index is 1.54. The van der Waals surface area contributed by atoms with E-state index in [-0.39, 0.29) is 5.56 Å². The van der Waals surface area contributed by atoms with Gasteiger partial charge < -0.3 is 14.2 Å². The number of thiazole rings is 1. The molecule has 176 valence electrons. The van der Waals surface area contributed by atoms with Crippen molar-refractivity contribution in [1.29, 1.82) is 0 Å². The third-order valence-corrected chi connectivity index (χ3v) is 7.61. The van der Waals surface area contributed by atoms with Crippen molar-refractivity contribution in [1.82, 2.24) is 19.4 Å². The zero-order valence-corrected chi connectivity index (χ0v) is 21.1. The van der Waals surface area contributed by atoms with Gasteiger partial charge >= 0.3 is 0 Å². The summed E-state index contributed by atoms with van der Waals surface area (Å²) in [6.45, 7) is 4.54. The Hall–Kier alpha value is -3.23. The molecule has 0 N–H and O–H groups in total. The van der Waals surface area contributed by atoms with E-state index >= 15 is 0 Å². The van der Waals surface area contributed by atoms with Crippen LogP contribution in [0.1, 0.15) is 21.8 Å². The molecule has 1 aliphatic rings. The molecule has 4 heterocycles. The molecule has 0 unspecified atom stereocenters. The van der Waals surface area contributed by atoms with Crippen molar-refractivity contribution in [3.63, 3.8) is 0 Å². The number of hydrogen-bond donors (Lipinski definition) is 0. The second-order valence-corrected chi connectivity index (χ2v) is 10.1. The maximum absolute atomic E-state index is 13.4. The van der Waals surface area contributed by atoms with Crippen LogP contribution in [0.15, 0.2) is 41.3 Å². The molecule has 8 heteroatoms. The number of anilines is 1. The Labute approximate surface area is 203 Å². The highest BCUT2D eigenvalue weighted by molar-refractivity contribution is 7.15. The van der Waals surface area contributed by atoms with E-state index in [0.29, 0.717) is 11.3 Å². The fourth-order valence-corrected chi connectivity index (χ4v) is 5.58. The molecule has 0 amide bonds. The fourth-order valence-electron chi connectivity index (χ4n) is 4.70. The van der Waals surface area contributed by atoms with Crippen LogP contribution in [0, 0.1) is 6.92 Å². The van der Waals surface area contributed by atoms with Crippen LogP contribution >= 0.6 is 11.3 Å². The van der Waals surface area contributed by atoms with E-state index in [4.69, 9.17) is 9.72 Å². The van der Waals surface area contributed by atoms with Gasteiger partial charge in [0.05, 0.1) is 7.11 Å². The Morgan fingerprint density at radius 1 is 1.18 bits per heavy atom. The molecule has 1 aliphatic heterocycles. The molecule has 1 aromatic carbocycles. The van der Waals surface area contributed by atoms with Crippen molar-refractivity contribution >= 4 is 27.4 Å². The first-order valence-corrected chi connectivity index (χ1v) is 12.2. The van der Waals surface area contributed by atoms with Gasteiger partial charge in [0.15, 0.2) is 5.13 Å². The van der Waals surface area contributed by atoms with Gasteiger partial charge in [-0.15, -0.1) is 11.3 Å². The molecule has 0 spiro atoms. The normalized spacial score (nSPS) is 13.8. The minimum Gasteiger partial charge on any atom is -0.494 e. The van der Waals surface area contributed by atoms with Crippen LogP contribution in [-0.4, -0.2) is 47.2 Å². The molecule has 5 rings (SSSR count). The Morgan fingerprint density at radius 2 is 2.00 bits per heavy atom. The minimum atomic E-state index is 0.0253. The molecule has 4 aromatic rings. The topological polar surface area (TPSA) is 63.5 Å². The second kappa shape index (κ2) is 8.85. The van der Waals surface area contributed by atoms with Crippen LogP contribution in [0.25, 0.3) is 22.0 Å². The summed E-state index contributed by atoms with van der Waals surface area (Å²) in [5.74, 6) is 0.713. The van der Waals surface area contributed by atoms with Gasteiger partial charge in [-0.25, -0.2) is 9.97 Å². The van der Waals surface area contributed by atoms with Crippen molar-refractivity contribution < 1.29 is 4.74 Å². The summed E-state index contributed by atoms with van der Waals surface area (Å²) < 4.78 is 7.38. The summed E-state index contributed by atoms with van der Waals surface area (Å²) in [7, 11) is 7.57. The van der Waals surface area contributed by atoms with Crippen LogP contribution in [0.4, 0.5) is 5.13 Å². The molecule has 0 saturated carbocycles. The zero-order chi connectivity index (χ0) is 24.0. The summed E-state index contributed by atoms with van der Waals surface area (Å²) >= 11 is 1.73. The number of methoxy groups -OCH3 is 1. The largest absolute Gasteiger partial charge is 0.494 e. The lowest BCUT2D eigenvalue weighted by Gasteiger charge is -2.30. The third-order valence-electron chi connectivity index (χ3n) is 6.46. The zero-order valence-electron chi connectivity index (χ0n) is 20.3. The molecular formula is C26H29N5O2S. The third kappa shape index (κ3) is 3.97. The molecule has 7 nitrogen and oxygen atoms in total. The van der Waals surface area contributed by atoms with E-state index in [1.807, 2.05) is 68.0 Å². The number of pyridine rings is 2. The number of aryl methyl sites for hydroxylation is 1. The van der Waals surface area contributed by atoms with Gasteiger partial charge in [0.2, 0.25) is 0 Å². The van der Waals surface area contributed by atoms with E-state index in [2.05, 4.69) is 16.0 Å². The molecule has 0 fully saturated rings. The number of fused-ring (bicyclic) bond motifs is 2. The fraction of sp³-hybridized carbons (Fsp3) is 0.346. The molecule has 0 radical (unpaired) electrons. The SMILES string of the molecule is COc1ccc(-c2cc3c(n(C)c2=O)CCN(Cc2cnc(N(C)C)s2)C3)c2ccc(C)nc12. The Bertz CT molecular complexity index is 1440. The highest BCUT2D eigenvalue weighted by Crippen LogP contribution is 2.34. The molecule has 0 aliphatic carbocycles. The summed E-state index contributed by atoms with van der Waals surface area (Å²) in [5.41, 5.74) is 5.63. The molecule has 34 heavy (non-hydrogen) atoms. The predicted molar refractivity (Wildman–Crippen MR) is 138 cm³/mol. The van der Waals surface area contributed by atoms with E-state index < -0.39 is 0 Å². The minimum absolute atomic E-state index is 0.0253. The molecule has 0 saturated heterocycles. The van der Waals surface area contributed by atoms with Crippen molar-refractivity contribution in [3.05, 3.63) is 68.7 Å². The summed E-state index contributed by atoms with van der Waals surface area (Å²) in [4.78, 5) is 28.4. The van der Waals surface area contributed by atoms with E-state index in [1.165, 1.54) is 10.4 Å². The van der Waals surface area contributed by atoms with Crippen LogP contribution < -0.4 is 15.2 Å². The first-order valence-electron chi connectivity index (χ1n) is 11.4. The van der Waals surface area contributed by atoms with E-state index in [0.717, 1.165) is 59.0 Å². The maximum atomic E-state index is 13.4. The van der Waals surface area contributed by atoms with Crippen LogP contribution in [0.5, 0.6) is 5.75 Å². The standard InChI is InChI=1S/C26H29N5O2S/c1-16-6-7-20-19(8-9-23(33-5)24(20)28-16)21-12-17-14-31(11-10-22(17)30(4)25(21)32)15-18-13-27-26(34-18)29(2)3/h6-9,12-13H,10-11,14-15H2,1-5H3. The lowest BCUT2D eigenvalue weighted by molar-refractivity contribution is 0.243. The average molecular weight is 476 g/mol. The quantitative estimate of drug-likeness (QED) is 0.435. The Kier molecular flexibility index (Phi) is 5.87. The lowest BCUT2D eigenvalue weighted by Crippen LogP contribution is -2.35. The molecule has 0 bridgehead atoms. The number of rotatable bonds is 5. The number of benzene rings is 1. The van der Waals surface area contributed by atoms with Crippen molar-refractivity contribution in [3.8, 4) is 16.9 Å². The molecule has 3 aromatic heterocycles. The summed E-state index contributed by atoms with van der Waals surface area (Å²) in [6.07, 6.45) is 2.82. The predicted octanol–water partition coefficient (Wildman–Crippen LogP) is 4.00. The van der Waals surface area contributed by atoms with Crippen LogP contribution in [-0.2, 0) is 26.6 Å². The molecular weight excluding hydrogens is 446 g/mol. The number of aromatic nitrogens is 3. The van der Waals surface area contributed by atoms with E-state index in [1.54, 1.807) is 18.4 Å². The van der Waals surface area contributed by atoms with Crippen molar-refractivity contribution in [2.45, 2.75) is 26.4 Å². The van der Waals surface area contributed by atoms with Gasteiger partial charge in [-0.3, -0.25) is 9.69 Å². The first kappa shape index (κ1) is 22.6. The highest BCUT2D eigenvalue weighted by Gasteiger charge is 2.23. The van der Waals surface area contributed by atoms with Crippen LogP contribution in [0.2, 0.25) is 0 Å². The van der Waals surface area contributed by atoms with Gasteiger partial charge in [-0.1, -0.05) is 6.07 Å².